The molecule has 2 rings (SSSR count). The van der Waals surface area contributed by atoms with Gasteiger partial charge in [-0.1, -0.05) is 12.1 Å². The van der Waals surface area contributed by atoms with Crippen LogP contribution in [-0.2, 0) is 4.79 Å². The minimum atomic E-state index is -0.168. The van der Waals surface area contributed by atoms with E-state index in [2.05, 4.69) is 10.6 Å². The van der Waals surface area contributed by atoms with Crippen LogP contribution in [-0.4, -0.2) is 35.1 Å². The lowest BCUT2D eigenvalue weighted by Crippen LogP contribution is -2.46. The number of para-hydroxylation sites is 2. The van der Waals surface area contributed by atoms with Gasteiger partial charge in [-0.25, -0.2) is 0 Å². The van der Waals surface area contributed by atoms with E-state index in [1.54, 1.807) is 36.0 Å². The van der Waals surface area contributed by atoms with Crippen LogP contribution in [0.1, 0.15) is 0 Å². The fourth-order valence-corrected chi connectivity index (χ4v) is 2.47. The fraction of sp³-hybridized carbons (Fsp3) is 0.364. The molecule has 0 radical (unpaired) electrons. The van der Waals surface area contributed by atoms with Crippen LogP contribution in [0.25, 0.3) is 0 Å². The summed E-state index contributed by atoms with van der Waals surface area (Å²) in [6, 6.07) is 6.57. The summed E-state index contributed by atoms with van der Waals surface area (Å²) in [7, 11) is 0. The van der Waals surface area contributed by atoms with E-state index in [-0.39, 0.29) is 17.7 Å². The van der Waals surface area contributed by atoms with Crippen molar-refractivity contribution in [2.24, 2.45) is 0 Å². The Balaban J connectivity index is 1.99. The molecule has 1 aliphatic heterocycles. The highest BCUT2D eigenvalue weighted by molar-refractivity contribution is 7.99. The minimum absolute atomic E-state index is 0.0892. The molecule has 86 valence electrons. The molecule has 16 heavy (non-hydrogen) atoms. The van der Waals surface area contributed by atoms with Crippen molar-refractivity contribution in [3.8, 4) is 5.75 Å². The van der Waals surface area contributed by atoms with E-state index in [1.807, 2.05) is 0 Å². The third-order valence-corrected chi connectivity index (χ3v) is 3.46. The van der Waals surface area contributed by atoms with Gasteiger partial charge in [-0.2, -0.15) is 11.8 Å². The molecule has 1 amide bonds. The molecular formula is C11H14N2O2S. The largest absolute Gasteiger partial charge is 0.506 e. The molecule has 5 heteroatoms. The summed E-state index contributed by atoms with van der Waals surface area (Å²) in [5.74, 6) is 1.83. The van der Waals surface area contributed by atoms with Crippen molar-refractivity contribution in [3.63, 3.8) is 0 Å². The van der Waals surface area contributed by atoms with Gasteiger partial charge in [-0.3, -0.25) is 4.79 Å². The average Bonchev–Trinajstić information content (AvgIpc) is 2.33. The molecule has 4 nitrogen and oxygen atoms in total. The second kappa shape index (κ2) is 5.23. The van der Waals surface area contributed by atoms with Crippen molar-refractivity contribution in [2.75, 3.05) is 23.4 Å². The number of hydrogen-bond donors (Lipinski definition) is 3. The van der Waals surface area contributed by atoms with Gasteiger partial charge in [0.25, 0.3) is 0 Å². The number of carbonyl (C=O) groups excluding carboxylic acids is 1. The van der Waals surface area contributed by atoms with Crippen LogP contribution < -0.4 is 10.6 Å². The smallest absolute Gasteiger partial charge is 0.242 e. The zero-order valence-corrected chi connectivity index (χ0v) is 9.59. The molecule has 0 aromatic heterocycles. The van der Waals surface area contributed by atoms with Gasteiger partial charge in [-0.15, -0.1) is 0 Å². The van der Waals surface area contributed by atoms with Crippen LogP contribution in [0.5, 0.6) is 5.75 Å². The van der Waals surface area contributed by atoms with Gasteiger partial charge >= 0.3 is 0 Å². The van der Waals surface area contributed by atoms with Gasteiger partial charge in [0.1, 0.15) is 5.75 Å². The van der Waals surface area contributed by atoms with E-state index in [4.69, 9.17) is 0 Å². The molecular weight excluding hydrogens is 224 g/mol. The number of rotatable bonds is 2. The Labute approximate surface area is 98.4 Å². The van der Waals surface area contributed by atoms with Gasteiger partial charge in [-0.05, 0) is 12.1 Å². The highest BCUT2D eigenvalue weighted by atomic mass is 32.2. The van der Waals surface area contributed by atoms with Gasteiger partial charge in [0.05, 0.1) is 11.7 Å². The maximum absolute atomic E-state index is 11.8. The standard InChI is InChI=1S/C11H14N2O2S/c14-10-4-2-1-3-8(10)13-11(15)9-7-16-6-5-12-9/h1-4,9,12,14H,5-7H2,(H,13,15). The summed E-state index contributed by atoms with van der Waals surface area (Å²) >= 11 is 1.76. The molecule has 1 aromatic carbocycles. The summed E-state index contributed by atoms with van der Waals surface area (Å²) in [5.41, 5.74) is 0.463. The van der Waals surface area contributed by atoms with Gasteiger partial charge in [0.15, 0.2) is 0 Å². The van der Waals surface area contributed by atoms with Crippen LogP contribution in [0.4, 0.5) is 5.69 Å². The fourth-order valence-electron chi connectivity index (χ4n) is 1.53. The number of nitrogens with one attached hydrogen (secondary N) is 2. The Morgan fingerprint density at radius 3 is 3.00 bits per heavy atom. The predicted octanol–water partition coefficient (Wildman–Crippen LogP) is 1.04. The van der Waals surface area contributed by atoms with Gasteiger partial charge < -0.3 is 15.7 Å². The van der Waals surface area contributed by atoms with E-state index in [0.717, 1.165) is 18.1 Å². The minimum Gasteiger partial charge on any atom is -0.506 e. The number of benzene rings is 1. The lowest BCUT2D eigenvalue weighted by atomic mass is 10.2. The quantitative estimate of drug-likeness (QED) is 0.674. The number of aromatic hydroxyl groups is 1. The molecule has 1 heterocycles. The molecule has 3 N–H and O–H groups in total. The first-order valence-electron chi connectivity index (χ1n) is 5.17. The maximum atomic E-state index is 11.8. The Bertz CT molecular complexity index is 378. The first-order valence-corrected chi connectivity index (χ1v) is 6.33. The van der Waals surface area contributed by atoms with Crippen molar-refractivity contribution in [1.29, 1.82) is 0 Å². The summed E-state index contributed by atoms with van der Waals surface area (Å²) in [5, 5.41) is 15.4. The van der Waals surface area contributed by atoms with Crippen LogP contribution in [0.15, 0.2) is 24.3 Å². The van der Waals surface area contributed by atoms with Crippen molar-refractivity contribution in [1.82, 2.24) is 5.32 Å². The highest BCUT2D eigenvalue weighted by Gasteiger charge is 2.21. The molecule has 1 aromatic rings. The van der Waals surface area contributed by atoms with E-state index >= 15 is 0 Å². The third-order valence-electron chi connectivity index (χ3n) is 2.40. The van der Waals surface area contributed by atoms with Crippen LogP contribution in [0.3, 0.4) is 0 Å². The van der Waals surface area contributed by atoms with Gasteiger partial charge in [0.2, 0.25) is 5.91 Å². The lowest BCUT2D eigenvalue weighted by molar-refractivity contribution is -0.117. The molecule has 0 spiro atoms. The second-order valence-corrected chi connectivity index (χ2v) is 4.74. The first-order chi connectivity index (χ1) is 7.77. The number of amides is 1. The molecule has 0 aliphatic carbocycles. The van der Waals surface area contributed by atoms with E-state index in [0.29, 0.717) is 5.69 Å². The molecule has 0 saturated carbocycles. The topological polar surface area (TPSA) is 61.4 Å². The molecule has 0 bridgehead atoms. The number of hydrogen-bond acceptors (Lipinski definition) is 4. The van der Waals surface area contributed by atoms with Crippen molar-refractivity contribution >= 4 is 23.4 Å². The molecule has 1 atom stereocenters. The van der Waals surface area contributed by atoms with E-state index in [9.17, 15) is 9.90 Å². The normalized spacial score (nSPS) is 20.4. The number of phenols is 1. The monoisotopic (exact) mass is 238 g/mol. The highest BCUT2D eigenvalue weighted by Crippen LogP contribution is 2.22. The van der Waals surface area contributed by atoms with Crippen molar-refractivity contribution in [2.45, 2.75) is 6.04 Å². The van der Waals surface area contributed by atoms with Gasteiger partial charge in [0, 0.05) is 18.1 Å². The molecule has 1 saturated heterocycles. The number of thioether (sulfide) groups is 1. The summed E-state index contributed by atoms with van der Waals surface area (Å²) in [6.07, 6.45) is 0. The maximum Gasteiger partial charge on any atom is 0.242 e. The Morgan fingerprint density at radius 1 is 1.50 bits per heavy atom. The molecule has 1 aliphatic rings. The Kier molecular flexibility index (Phi) is 3.69. The SMILES string of the molecule is O=C(Nc1ccccc1O)C1CSCCN1. The van der Waals surface area contributed by atoms with Crippen LogP contribution in [0.2, 0.25) is 0 Å². The number of carbonyl (C=O) groups is 1. The van der Waals surface area contributed by atoms with E-state index in [1.165, 1.54) is 0 Å². The average molecular weight is 238 g/mol. The number of phenolic OH excluding ortho intramolecular Hbond substituents is 1. The predicted molar refractivity (Wildman–Crippen MR) is 65.9 cm³/mol. The van der Waals surface area contributed by atoms with E-state index < -0.39 is 0 Å². The van der Waals surface area contributed by atoms with Crippen LogP contribution >= 0.6 is 11.8 Å². The van der Waals surface area contributed by atoms with Crippen molar-refractivity contribution < 1.29 is 9.90 Å². The number of anilines is 1. The third kappa shape index (κ3) is 2.68. The summed E-state index contributed by atoms with van der Waals surface area (Å²) in [6.45, 7) is 0.851. The Hall–Kier alpha value is -1.20. The summed E-state index contributed by atoms with van der Waals surface area (Å²) in [4.78, 5) is 11.8. The molecule has 1 fully saturated rings. The lowest BCUT2D eigenvalue weighted by Gasteiger charge is -2.22. The van der Waals surface area contributed by atoms with Crippen LogP contribution in [0, 0.1) is 0 Å². The molecule has 1 unspecified atom stereocenters. The first kappa shape index (κ1) is 11.3. The summed E-state index contributed by atoms with van der Waals surface area (Å²) < 4.78 is 0. The second-order valence-electron chi connectivity index (χ2n) is 3.59. The Morgan fingerprint density at radius 2 is 2.31 bits per heavy atom. The zero-order chi connectivity index (χ0) is 11.4. The zero-order valence-electron chi connectivity index (χ0n) is 8.77. The van der Waals surface area contributed by atoms with Crippen molar-refractivity contribution in [3.05, 3.63) is 24.3 Å².